The van der Waals surface area contributed by atoms with Gasteiger partial charge < -0.3 is 11.1 Å². The Bertz CT molecular complexity index is 377. The van der Waals surface area contributed by atoms with Gasteiger partial charge in [0.1, 0.15) is 10.7 Å². The van der Waals surface area contributed by atoms with E-state index in [0.29, 0.717) is 24.2 Å². The van der Waals surface area contributed by atoms with Crippen LogP contribution in [0.2, 0.25) is 0 Å². The Kier molecular flexibility index (Phi) is 3.56. The van der Waals surface area contributed by atoms with Gasteiger partial charge in [-0.15, -0.1) is 11.3 Å². The van der Waals surface area contributed by atoms with Crippen molar-refractivity contribution in [3.8, 4) is 0 Å². The number of nitrogens with one attached hydrogen (secondary N) is 1. The minimum absolute atomic E-state index is 0.0605. The van der Waals surface area contributed by atoms with Crippen molar-refractivity contribution in [2.75, 3.05) is 0 Å². The third kappa shape index (κ3) is 2.41. The maximum atomic E-state index is 11.9. The summed E-state index contributed by atoms with van der Waals surface area (Å²) in [5.41, 5.74) is 5.97. The predicted octanol–water partition coefficient (Wildman–Crippen LogP) is 1.52. The Hall–Kier alpha value is -0.940. The van der Waals surface area contributed by atoms with Crippen LogP contribution in [-0.4, -0.2) is 16.9 Å². The van der Waals surface area contributed by atoms with E-state index in [1.807, 2.05) is 0 Å². The topological polar surface area (TPSA) is 68.0 Å². The Balaban J connectivity index is 1.97. The molecule has 1 aliphatic carbocycles. The van der Waals surface area contributed by atoms with Crippen LogP contribution in [0.15, 0.2) is 5.38 Å². The molecule has 88 valence electrons. The van der Waals surface area contributed by atoms with E-state index in [0.717, 1.165) is 11.4 Å². The van der Waals surface area contributed by atoms with E-state index in [-0.39, 0.29) is 5.91 Å². The van der Waals surface area contributed by atoms with E-state index in [1.54, 1.807) is 5.38 Å². The van der Waals surface area contributed by atoms with Crippen LogP contribution in [0.4, 0.5) is 0 Å². The summed E-state index contributed by atoms with van der Waals surface area (Å²) in [6.45, 7) is 2.59. The van der Waals surface area contributed by atoms with Gasteiger partial charge in [0.2, 0.25) is 0 Å². The molecule has 1 aromatic heterocycles. The zero-order valence-electron chi connectivity index (χ0n) is 9.40. The van der Waals surface area contributed by atoms with Crippen molar-refractivity contribution >= 4 is 17.2 Å². The van der Waals surface area contributed by atoms with Crippen molar-refractivity contribution in [1.29, 1.82) is 0 Å². The summed E-state index contributed by atoms with van der Waals surface area (Å²) in [6, 6.07) is 0.315. The minimum Gasteiger partial charge on any atom is -0.348 e. The summed E-state index contributed by atoms with van der Waals surface area (Å²) < 4.78 is 0. The molecule has 16 heavy (non-hydrogen) atoms. The molecule has 0 bridgehead atoms. The number of hydrogen-bond acceptors (Lipinski definition) is 4. The van der Waals surface area contributed by atoms with Crippen LogP contribution in [0.5, 0.6) is 0 Å². The van der Waals surface area contributed by atoms with E-state index in [9.17, 15) is 4.79 Å². The van der Waals surface area contributed by atoms with E-state index < -0.39 is 0 Å². The fourth-order valence-corrected chi connectivity index (χ4v) is 2.77. The molecule has 1 aromatic rings. The van der Waals surface area contributed by atoms with Crippen LogP contribution in [0.25, 0.3) is 0 Å². The van der Waals surface area contributed by atoms with Crippen molar-refractivity contribution in [1.82, 2.24) is 10.3 Å². The number of carbonyl (C=O) groups excluding carboxylic acids is 1. The first-order valence-electron chi connectivity index (χ1n) is 5.66. The largest absolute Gasteiger partial charge is 0.348 e. The first kappa shape index (κ1) is 11.5. The standard InChI is InChI=1S/C11H17N3OS/c1-7-3-2-4-8(7)14-11(15)9-6-16-10(5-12)13-9/h6-8H,2-5,12H2,1H3,(H,14,15). The lowest BCUT2D eigenvalue weighted by molar-refractivity contribution is 0.0925. The summed E-state index contributed by atoms with van der Waals surface area (Å²) in [5.74, 6) is 0.520. The van der Waals surface area contributed by atoms with Crippen molar-refractivity contribution < 1.29 is 4.79 Å². The number of amides is 1. The zero-order chi connectivity index (χ0) is 11.5. The Morgan fingerprint density at radius 2 is 2.50 bits per heavy atom. The Morgan fingerprint density at radius 3 is 3.06 bits per heavy atom. The minimum atomic E-state index is -0.0605. The van der Waals surface area contributed by atoms with Crippen LogP contribution in [-0.2, 0) is 6.54 Å². The third-order valence-corrected chi connectivity index (χ3v) is 4.01. The first-order valence-corrected chi connectivity index (χ1v) is 6.54. The number of nitrogens with two attached hydrogens (primary N) is 1. The highest BCUT2D eigenvalue weighted by Gasteiger charge is 2.25. The average molecular weight is 239 g/mol. The molecule has 2 unspecified atom stereocenters. The highest BCUT2D eigenvalue weighted by molar-refractivity contribution is 7.09. The van der Waals surface area contributed by atoms with Crippen LogP contribution >= 0.6 is 11.3 Å². The van der Waals surface area contributed by atoms with Crippen molar-refractivity contribution in [2.45, 2.75) is 38.8 Å². The van der Waals surface area contributed by atoms with Crippen molar-refractivity contribution in [2.24, 2.45) is 11.7 Å². The summed E-state index contributed by atoms with van der Waals surface area (Å²) >= 11 is 1.44. The molecule has 1 saturated carbocycles. The van der Waals surface area contributed by atoms with Gasteiger partial charge in [-0.25, -0.2) is 4.98 Å². The number of thiazole rings is 1. The predicted molar refractivity (Wildman–Crippen MR) is 64.3 cm³/mol. The molecule has 4 nitrogen and oxygen atoms in total. The number of nitrogens with zero attached hydrogens (tertiary/aromatic N) is 1. The van der Waals surface area contributed by atoms with Crippen LogP contribution < -0.4 is 11.1 Å². The second kappa shape index (κ2) is 4.93. The summed E-state index contributed by atoms with van der Waals surface area (Å²) in [4.78, 5) is 16.0. The van der Waals surface area contributed by atoms with Crippen molar-refractivity contribution in [3.05, 3.63) is 16.1 Å². The molecule has 2 rings (SSSR count). The molecule has 0 radical (unpaired) electrons. The number of carbonyl (C=O) groups is 1. The van der Waals surface area contributed by atoms with Crippen LogP contribution in [0.1, 0.15) is 41.7 Å². The van der Waals surface area contributed by atoms with Gasteiger partial charge in [0, 0.05) is 18.0 Å². The smallest absolute Gasteiger partial charge is 0.270 e. The summed E-state index contributed by atoms with van der Waals surface area (Å²) in [6.07, 6.45) is 3.49. The molecule has 1 heterocycles. The van der Waals surface area contributed by atoms with Gasteiger partial charge in [-0.05, 0) is 18.8 Å². The quantitative estimate of drug-likeness (QED) is 0.840. The molecule has 0 aromatic carbocycles. The van der Waals surface area contributed by atoms with Gasteiger partial charge in [-0.1, -0.05) is 13.3 Å². The number of aromatic nitrogens is 1. The summed E-state index contributed by atoms with van der Waals surface area (Å²) in [5, 5.41) is 5.63. The lowest BCUT2D eigenvalue weighted by Gasteiger charge is -2.16. The average Bonchev–Trinajstić information content (AvgIpc) is 2.88. The summed E-state index contributed by atoms with van der Waals surface area (Å²) in [7, 11) is 0. The van der Waals surface area contributed by atoms with Crippen molar-refractivity contribution in [3.63, 3.8) is 0 Å². The number of rotatable bonds is 3. The second-order valence-electron chi connectivity index (χ2n) is 4.32. The Morgan fingerprint density at radius 1 is 1.69 bits per heavy atom. The molecular weight excluding hydrogens is 222 g/mol. The Labute approximate surface area is 99.3 Å². The van der Waals surface area contributed by atoms with Gasteiger partial charge in [-0.2, -0.15) is 0 Å². The van der Waals surface area contributed by atoms with Gasteiger partial charge in [0.15, 0.2) is 0 Å². The molecule has 1 fully saturated rings. The van der Waals surface area contributed by atoms with Gasteiger partial charge in [0.25, 0.3) is 5.91 Å². The molecular formula is C11H17N3OS. The fourth-order valence-electron chi connectivity index (χ4n) is 2.11. The molecule has 0 saturated heterocycles. The molecule has 3 N–H and O–H groups in total. The molecule has 0 aliphatic heterocycles. The lowest BCUT2D eigenvalue weighted by Crippen LogP contribution is -2.36. The monoisotopic (exact) mass is 239 g/mol. The maximum absolute atomic E-state index is 11.9. The molecule has 0 spiro atoms. The third-order valence-electron chi connectivity index (χ3n) is 3.14. The number of hydrogen-bond donors (Lipinski definition) is 2. The van der Waals surface area contributed by atoms with Gasteiger partial charge in [-0.3, -0.25) is 4.79 Å². The van der Waals surface area contributed by atoms with Gasteiger partial charge in [0.05, 0.1) is 0 Å². The zero-order valence-corrected chi connectivity index (χ0v) is 10.2. The van der Waals surface area contributed by atoms with Crippen LogP contribution in [0.3, 0.4) is 0 Å². The van der Waals surface area contributed by atoms with E-state index in [4.69, 9.17) is 5.73 Å². The second-order valence-corrected chi connectivity index (χ2v) is 5.26. The van der Waals surface area contributed by atoms with E-state index in [2.05, 4.69) is 17.2 Å². The lowest BCUT2D eigenvalue weighted by atomic mass is 10.1. The SMILES string of the molecule is CC1CCCC1NC(=O)c1csc(CN)n1. The molecule has 2 atom stereocenters. The van der Waals surface area contributed by atoms with Gasteiger partial charge >= 0.3 is 0 Å². The maximum Gasteiger partial charge on any atom is 0.270 e. The fraction of sp³-hybridized carbons (Fsp3) is 0.636. The molecule has 1 aliphatic rings. The molecule has 5 heteroatoms. The van der Waals surface area contributed by atoms with E-state index >= 15 is 0 Å². The first-order chi connectivity index (χ1) is 7.70. The molecule has 1 amide bonds. The normalized spacial score (nSPS) is 24.6. The highest BCUT2D eigenvalue weighted by atomic mass is 32.1. The van der Waals surface area contributed by atoms with E-state index in [1.165, 1.54) is 24.2 Å². The highest BCUT2D eigenvalue weighted by Crippen LogP contribution is 2.25. The van der Waals surface area contributed by atoms with Crippen LogP contribution in [0, 0.1) is 5.92 Å².